The predicted molar refractivity (Wildman–Crippen MR) is 43.1 cm³/mol. The molecule has 0 aliphatic heterocycles. The molecule has 0 atom stereocenters. The second-order valence-corrected chi connectivity index (χ2v) is 2.45. The molecule has 1 aromatic rings. The van der Waals surface area contributed by atoms with Crippen LogP contribution in [0.5, 0.6) is 0 Å². The number of aryl methyl sites for hydroxylation is 1. The monoisotopic (exact) mass is 146 g/mol. The standard InChI is InChI=1S/C9H10N2/c1-3-9-7(2)5-11-6-8(9)4-10/h5-6H,3H2,1-2H3. The Kier molecular flexibility index (Phi) is 2.22. The van der Waals surface area contributed by atoms with Gasteiger partial charge in [-0.15, -0.1) is 0 Å². The second kappa shape index (κ2) is 3.16. The van der Waals surface area contributed by atoms with Crippen LogP contribution >= 0.6 is 0 Å². The highest BCUT2D eigenvalue weighted by molar-refractivity contribution is 5.39. The molecule has 11 heavy (non-hydrogen) atoms. The molecule has 1 aromatic heterocycles. The average Bonchev–Trinajstić information content (AvgIpc) is 2.04. The van der Waals surface area contributed by atoms with Gasteiger partial charge >= 0.3 is 0 Å². The van der Waals surface area contributed by atoms with Gasteiger partial charge in [0.05, 0.1) is 5.56 Å². The fourth-order valence-electron chi connectivity index (χ4n) is 1.16. The minimum Gasteiger partial charge on any atom is -0.263 e. The maximum absolute atomic E-state index is 8.68. The lowest BCUT2D eigenvalue weighted by molar-refractivity contribution is 1.07. The number of pyridine rings is 1. The summed E-state index contributed by atoms with van der Waals surface area (Å²) in [5.41, 5.74) is 2.92. The lowest BCUT2D eigenvalue weighted by Gasteiger charge is -2.02. The highest BCUT2D eigenvalue weighted by Crippen LogP contribution is 2.11. The van der Waals surface area contributed by atoms with Crippen molar-refractivity contribution in [2.45, 2.75) is 20.3 Å². The van der Waals surface area contributed by atoms with E-state index < -0.39 is 0 Å². The van der Waals surface area contributed by atoms with Gasteiger partial charge < -0.3 is 0 Å². The van der Waals surface area contributed by atoms with Crippen molar-refractivity contribution in [2.24, 2.45) is 0 Å². The van der Waals surface area contributed by atoms with Gasteiger partial charge in [0, 0.05) is 12.4 Å². The molecule has 0 unspecified atom stereocenters. The Labute approximate surface area is 66.5 Å². The molecule has 0 saturated heterocycles. The number of hydrogen-bond acceptors (Lipinski definition) is 2. The Morgan fingerprint density at radius 2 is 2.27 bits per heavy atom. The Hall–Kier alpha value is -1.36. The van der Waals surface area contributed by atoms with E-state index in [0.29, 0.717) is 5.56 Å². The maximum atomic E-state index is 8.68. The molecule has 0 saturated carbocycles. The average molecular weight is 146 g/mol. The molecule has 0 radical (unpaired) electrons. The summed E-state index contributed by atoms with van der Waals surface area (Å²) < 4.78 is 0. The van der Waals surface area contributed by atoms with E-state index in [1.165, 1.54) is 0 Å². The molecule has 2 nitrogen and oxygen atoms in total. The van der Waals surface area contributed by atoms with Crippen LogP contribution in [0.3, 0.4) is 0 Å². The lowest BCUT2D eigenvalue weighted by atomic mass is 10.0. The van der Waals surface area contributed by atoms with Gasteiger partial charge in [-0.2, -0.15) is 5.26 Å². The Bertz CT molecular complexity index is 297. The van der Waals surface area contributed by atoms with Crippen LogP contribution in [0, 0.1) is 18.3 Å². The zero-order valence-corrected chi connectivity index (χ0v) is 6.76. The number of nitriles is 1. The second-order valence-electron chi connectivity index (χ2n) is 2.45. The van der Waals surface area contributed by atoms with Crippen molar-refractivity contribution in [3.63, 3.8) is 0 Å². The minimum atomic E-state index is 0.701. The van der Waals surface area contributed by atoms with Crippen molar-refractivity contribution in [1.82, 2.24) is 4.98 Å². The summed E-state index contributed by atoms with van der Waals surface area (Å²) in [6.45, 7) is 4.02. The van der Waals surface area contributed by atoms with Crippen molar-refractivity contribution in [3.8, 4) is 6.07 Å². The van der Waals surface area contributed by atoms with E-state index in [1.54, 1.807) is 12.4 Å². The Morgan fingerprint density at radius 1 is 1.55 bits per heavy atom. The maximum Gasteiger partial charge on any atom is 0.101 e. The third-order valence-electron chi connectivity index (χ3n) is 1.75. The summed E-state index contributed by atoms with van der Waals surface area (Å²) in [5.74, 6) is 0. The summed E-state index contributed by atoms with van der Waals surface area (Å²) >= 11 is 0. The van der Waals surface area contributed by atoms with Crippen LogP contribution in [-0.2, 0) is 6.42 Å². The van der Waals surface area contributed by atoms with Crippen LogP contribution in [0.2, 0.25) is 0 Å². The molecule has 0 amide bonds. The van der Waals surface area contributed by atoms with Crippen LogP contribution in [0.1, 0.15) is 23.6 Å². The topological polar surface area (TPSA) is 36.7 Å². The first-order valence-corrected chi connectivity index (χ1v) is 3.63. The first kappa shape index (κ1) is 7.74. The SMILES string of the molecule is CCc1c(C)cncc1C#N. The fourth-order valence-corrected chi connectivity index (χ4v) is 1.16. The van der Waals surface area contributed by atoms with Crippen molar-refractivity contribution in [3.05, 3.63) is 29.1 Å². The predicted octanol–water partition coefficient (Wildman–Crippen LogP) is 1.82. The molecule has 1 rings (SSSR count). The molecule has 0 aliphatic rings. The van der Waals surface area contributed by atoms with E-state index in [9.17, 15) is 0 Å². The van der Waals surface area contributed by atoms with E-state index in [1.807, 2.05) is 13.8 Å². The zero-order chi connectivity index (χ0) is 8.27. The molecule has 0 bridgehead atoms. The number of nitrogens with zero attached hydrogens (tertiary/aromatic N) is 2. The molecule has 0 N–H and O–H groups in total. The summed E-state index contributed by atoms with van der Waals surface area (Å²) in [6.07, 6.45) is 4.31. The van der Waals surface area contributed by atoms with Gasteiger partial charge in [0.1, 0.15) is 6.07 Å². The van der Waals surface area contributed by atoms with Crippen LogP contribution in [0.15, 0.2) is 12.4 Å². The van der Waals surface area contributed by atoms with E-state index in [4.69, 9.17) is 5.26 Å². The minimum absolute atomic E-state index is 0.701. The molecule has 1 heterocycles. The number of rotatable bonds is 1. The molecular formula is C9H10N2. The normalized spacial score (nSPS) is 9.18. The highest BCUT2D eigenvalue weighted by Gasteiger charge is 2.01. The third-order valence-corrected chi connectivity index (χ3v) is 1.75. The smallest absolute Gasteiger partial charge is 0.101 e. The third kappa shape index (κ3) is 1.38. The van der Waals surface area contributed by atoms with Gasteiger partial charge in [0.2, 0.25) is 0 Å². The van der Waals surface area contributed by atoms with E-state index >= 15 is 0 Å². The number of aromatic nitrogens is 1. The first-order chi connectivity index (χ1) is 5.29. The van der Waals surface area contributed by atoms with E-state index in [0.717, 1.165) is 17.5 Å². The summed E-state index contributed by atoms with van der Waals surface area (Å²) in [4.78, 5) is 3.94. The first-order valence-electron chi connectivity index (χ1n) is 3.63. The lowest BCUT2D eigenvalue weighted by Crippen LogP contribution is -1.92. The van der Waals surface area contributed by atoms with Crippen LogP contribution in [-0.4, -0.2) is 4.98 Å². The number of hydrogen-bond donors (Lipinski definition) is 0. The largest absolute Gasteiger partial charge is 0.263 e. The Morgan fingerprint density at radius 3 is 2.73 bits per heavy atom. The van der Waals surface area contributed by atoms with Gasteiger partial charge in [-0.3, -0.25) is 4.98 Å². The van der Waals surface area contributed by atoms with Crippen molar-refractivity contribution in [2.75, 3.05) is 0 Å². The van der Waals surface area contributed by atoms with Gasteiger partial charge in [-0.25, -0.2) is 0 Å². The van der Waals surface area contributed by atoms with Crippen molar-refractivity contribution < 1.29 is 0 Å². The van der Waals surface area contributed by atoms with Gasteiger partial charge in [0.25, 0.3) is 0 Å². The van der Waals surface area contributed by atoms with Crippen molar-refractivity contribution in [1.29, 1.82) is 5.26 Å². The quantitative estimate of drug-likeness (QED) is 0.606. The highest BCUT2D eigenvalue weighted by atomic mass is 14.6. The van der Waals surface area contributed by atoms with Crippen LogP contribution in [0.25, 0.3) is 0 Å². The molecular weight excluding hydrogens is 136 g/mol. The summed E-state index contributed by atoms with van der Waals surface area (Å²) in [6, 6.07) is 2.12. The molecule has 2 heteroatoms. The molecule has 56 valence electrons. The van der Waals surface area contributed by atoms with Gasteiger partial charge in [0.15, 0.2) is 0 Å². The summed E-state index contributed by atoms with van der Waals surface area (Å²) in [5, 5.41) is 8.68. The molecule has 0 spiro atoms. The molecule has 0 fully saturated rings. The zero-order valence-electron chi connectivity index (χ0n) is 6.76. The summed E-state index contributed by atoms with van der Waals surface area (Å²) in [7, 11) is 0. The Balaban J connectivity index is 3.27. The molecule has 0 aliphatic carbocycles. The van der Waals surface area contributed by atoms with Crippen molar-refractivity contribution >= 4 is 0 Å². The fraction of sp³-hybridized carbons (Fsp3) is 0.333. The van der Waals surface area contributed by atoms with Gasteiger partial charge in [-0.05, 0) is 24.5 Å². The van der Waals surface area contributed by atoms with Crippen LogP contribution in [0.4, 0.5) is 0 Å². The van der Waals surface area contributed by atoms with E-state index in [2.05, 4.69) is 11.1 Å². The van der Waals surface area contributed by atoms with E-state index in [-0.39, 0.29) is 0 Å². The van der Waals surface area contributed by atoms with Gasteiger partial charge in [-0.1, -0.05) is 6.92 Å². The molecule has 0 aromatic carbocycles. The van der Waals surface area contributed by atoms with Crippen LogP contribution < -0.4 is 0 Å².